The van der Waals surface area contributed by atoms with Gasteiger partial charge in [0.15, 0.2) is 5.82 Å². The predicted molar refractivity (Wildman–Crippen MR) is 100.0 cm³/mol. The zero-order chi connectivity index (χ0) is 17.9. The van der Waals surface area contributed by atoms with Crippen molar-refractivity contribution in [2.24, 2.45) is 0 Å². The van der Waals surface area contributed by atoms with Crippen LogP contribution in [0, 0.1) is 11.3 Å². The first-order valence-electron chi connectivity index (χ1n) is 8.01. The largest absolute Gasteiger partial charge is 0.457 e. The molecule has 0 bridgehead atoms. The molecule has 2 aromatic carbocycles. The molecule has 0 fully saturated rings. The van der Waals surface area contributed by atoms with Crippen LogP contribution >= 0.6 is 0 Å². The number of benzene rings is 2. The minimum atomic E-state index is -0.281. The lowest BCUT2D eigenvalue weighted by Gasteiger charge is -2.01. The standard InChI is InChI=1S/C21H13N3O2/c22-13-15(20-23-18-9-5-4-8-17(18)21(25)24-20)12-16-10-11-19(26-16)14-6-2-1-3-7-14/h1-12H,(H,23,24,25). The average molecular weight is 339 g/mol. The van der Waals surface area contributed by atoms with E-state index in [4.69, 9.17) is 4.42 Å². The van der Waals surface area contributed by atoms with Gasteiger partial charge in [-0.05, 0) is 24.3 Å². The molecule has 4 aromatic rings. The molecule has 0 spiro atoms. The van der Waals surface area contributed by atoms with Crippen LogP contribution in [0.3, 0.4) is 0 Å². The summed E-state index contributed by atoms with van der Waals surface area (Å²) in [6.45, 7) is 0. The molecule has 0 saturated heterocycles. The van der Waals surface area contributed by atoms with Crippen LogP contribution in [0.15, 0.2) is 75.9 Å². The van der Waals surface area contributed by atoms with Crippen LogP contribution in [-0.2, 0) is 0 Å². The summed E-state index contributed by atoms with van der Waals surface area (Å²) in [4.78, 5) is 19.2. The molecule has 0 atom stereocenters. The third-order valence-electron chi connectivity index (χ3n) is 3.96. The third-order valence-corrected chi connectivity index (χ3v) is 3.96. The molecule has 0 aliphatic rings. The van der Waals surface area contributed by atoms with Gasteiger partial charge in [0.05, 0.1) is 16.5 Å². The number of allylic oxidation sites excluding steroid dienone is 1. The lowest BCUT2D eigenvalue weighted by molar-refractivity contribution is 0.572. The fourth-order valence-electron chi connectivity index (χ4n) is 2.70. The van der Waals surface area contributed by atoms with Crippen molar-refractivity contribution < 1.29 is 4.42 Å². The summed E-state index contributed by atoms with van der Waals surface area (Å²) in [5.41, 5.74) is 1.43. The van der Waals surface area contributed by atoms with Gasteiger partial charge in [-0.3, -0.25) is 4.79 Å². The van der Waals surface area contributed by atoms with E-state index in [9.17, 15) is 10.1 Å². The van der Waals surface area contributed by atoms with Crippen LogP contribution < -0.4 is 5.56 Å². The van der Waals surface area contributed by atoms with Gasteiger partial charge in [-0.15, -0.1) is 0 Å². The van der Waals surface area contributed by atoms with Crippen LogP contribution in [0.4, 0.5) is 0 Å². The fourth-order valence-corrected chi connectivity index (χ4v) is 2.70. The Balaban J connectivity index is 1.75. The van der Waals surface area contributed by atoms with Gasteiger partial charge in [0.2, 0.25) is 0 Å². The molecule has 0 aliphatic carbocycles. The number of aromatic nitrogens is 2. The Kier molecular flexibility index (Phi) is 3.92. The number of hydrogen-bond donors (Lipinski definition) is 1. The van der Waals surface area contributed by atoms with Crippen LogP contribution in [-0.4, -0.2) is 9.97 Å². The summed E-state index contributed by atoms with van der Waals surface area (Å²) < 4.78 is 5.79. The highest BCUT2D eigenvalue weighted by molar-refractivity contribution is 5.88. The molecule has 2 heterocycles. The van der Waals surface area contributed by atoms with Crippen LogP contribution in [0.5, 0.6) is 0 Å². The lowest BCUT2D eigenvalue weighted by Crippen LogP contribution is -2.11. The summed E-state index contributed by atoms with van der Waals surface area (Å²) in [5, 5.41) is 9.99. The smallest absolute Gasteiger partial charge is 0.259 e. The van der Waals surface area contributed by atoms with E-state index in [1.165, 1.54) is 0 Å². The van der Waals surface area contributed by atoms with Gasteiger partial charge in [-0.25, -0.2) is 4.98 Å². The summed E-state index contributed by atoms with van der Waals surface area (Å²) in [6.07, 6.45) is 1.57. The average Bonchev–Trinajstić information content (AvgIpc) is 3.15. The highest BCUT2D eigenvalue weighted by Crippen LogP contribution is 2.24. The fraction of sp³-hybridized carbons (Fsp3) is 0. The molecule has 0 saturated carbocycles. The van der Waals surface area contributed by atoms with Crippen molar-refractivity contribution in [1.29, 1.82) is 5.26 Å². The monoisotopic (exact) mass is 339 g/mol. The van der Waals surface area contributed by atoms with E-state index in [0.717, 1.165) is 5.56 Å². The summed E-state index contributed by atoms with van der Waals surface area (Å²) >= 11 is 0. The number of fused-ring (bicyclic) bond motifs is 1. The molecule has 5 heteroatoms. The van der Waals surface area contributed by atoms with Gasteiger partial charge < -0.3 is 9.40 Å². The number of aromatic amines is 1. The number of H-pyrrole nitrogens is 1. The van der Waals surface area contributed by atoms with Gasteiger partial charge in [0, 0.05) is 11.6 Å². The van der Waals surface area contributed by atoms with E-state index in [-0.39, 0.29) is 17.0 Å². The molecule has 4 rings (SSSR count). The zero-order valence-corrected chi connectivity index (χ0v) is 13.6. The van der Waals surface area contributed by atoms with Gasteiger partial charge in [0.25, 0.3) is 5.56 Å². The highest BCUT2D eigenvalue weighted by atomic mass is 16.3. The van der Waals surface area contributed by atoms with Crippen molar-refractivity contribution in [3.8, 4) is 17.4 Å². The van der Waals surface area contributed by atoms with E-state index >= 15 is 0 Å². The Labute approximate surface area is 148 Å². The Bertz CT molecular complexity index is 1210. The van der Waals surface area contributed by atoms with Gasteiger partial charge in [-0.2, -0.15) is 5.26 Å². The lowest BCUT2D eigenvalue weighted by atomic mass is 10.2. The zero-order valence-electron chi connectivity index (χ0n) is 13.6. The Morgan fingerprint density at radius 1 is 1.04 bits per heavy atom. The van der Waals surface area contributed by atoms with E-state index in [1.54, 1.807) is 36.4 Å². The summed E-state index contributed by atoms with van der Waals surface area (Å²) in [7, 11) is 0. The first-order valence-corrected chi connectivity index (χ1v) is 8.01. The minimum Gasteiger partial charge on any atom is -0.457 e. The maximum atomic E-state index is 12.2. The van der Waals surface area contributed by atoms with Crippen molar-refractivity contribution in [3.63, 3.8) is 0 Å². The minimum absolute atomic E-state index is 0.217. The summed E-state index contributed by atoms with van der Waals surface area (Å²) in [6, 6.07) is 22.4. The van der Waals surface area contributed by atoms with Crippen molar-refractivity contribution >= 4 is 22.6 Å². The molecule has 0 aliphatic heterocycles. The summed E-state index contributed by atoms with van der Waals surface area (Å²) in [5.74, 6) is 1.43. The highest BCUT2D eigenvalue weighted by Gasteiger charge is 2.10. The van der Waals surface area contributed by atoms with E-state index in [1.807, 2.05) is 36.4 Å². The molecule has 26 heavy (non-hydrogen) atoms. The molecule has 124 valence electrons. The molecule has 0 amide bonds. The number of rotatable bonds is 3. The number of para-hydroxylation sites is 1. The van der Waals surface area contributed by atoms with Crippen molar-refractivity contribution in [2.45, 2.75) is 0 Å². The second-order valence-corrected chi connectivity index (χ2v) is 5.67. The maximum absolute atomic E-state index is 12.2. The molecular weight excluding hydrogens is 326 g/mol. The third kappa shape index (κ3) is 2.92. The Morgan fingerprint density at radius 3 is 2.62 bits per heavy atom. The van der Waals surface area contributed by atoms with Crippen LogP contribution in [0.1, 0.15) is 11.6 Å². The number of nitrogens with one attached hydrogen (secondary N) is 1. The normalized spacial score (nSPS) is 11.4. The molecule has 1 N–H and O–H groups in total. The SMILES string of the molecule is N#CC(=Cc1ccc(-c2ccccc2)o1)c1nc2ccccc2c(=O)[nH]1. The molecular formula is C21H13N3O2. The van der Waals surface area contributed by atoms with Crippen molar-refractivity contribution in [1.82, 2.24) is 9.97 Å². The van der Waals surface area contributed by atoms with Crippen molar-refractivity contribution in [3.05, 3.63) is 88.7 Å². The topological polar surface area (TPSA) is 82.7 Å². The molecule has 5 nitrogen and oxygen atoms in total. The van der Waals surface area contributed by atoms with Gasteiger partial charge in [-0.1, -0.05) is 42.5 Å². The van der Waals surface area contributed by atoms with E-state index in [2.05, 4.69) is 16.0 Å². The quantitative estimate of drug-likeness (QED) is 0.566. The number of nitriles is 1. The second kappa shape index (κ2) is 6.54. The number of furan rings is 1. The molecule has 2 aromatic heterocycles. The van der Waals surface area contributed by atoms with Crippen LogP contribution in [0.2, 0.25) is 0 Å². The van der Waals surface area contributed by atoms with E-state index < -0.39 is 0 Å². The molecule has 0 radical (unpaired) electrons. The van der Waals surface area contributed by atoms with Crippen molar-refractivity contribution in [2.75, 3.05) is 0 Å². The van der Waals surface area contributed by atoms with Crippen LogP contribution in [0.25, 0.3) is 33.9 Å². The molecule has 0 unspecified atom stereocenters. The first-order chi connectivity index (χ1) is 12.7. The number of nitrogens with zero attached hydrogens (tertiary/aromatic N) is 2. The second-order valence-electron chi connectivity index (χ2n) is 5.67. The Morgan fingerprint density at radius 2 is 1.81 bits per heavy atom. The predicted octanol–water partition coefficient (Wildman–Crippen LogP) is 4.25. The Hall–Kier alpha value is -3.91. The van der Waals surface area contributed by atoms with Gasteiger partial charge in [0.1, 0.15) is 17.6 Å². The number of hydrogen-bond acceptors (Lipinski definition) is 4. The van der Waals surface area contributed by atoms with Gasteiger partial charge >= 0.3 is 0 Å². The van der Waals surface area contributed by atoms with E-state index in [0.29, 0.717) is 22.4 Å². The first kappa shape index (κ1) is 15.6. The maximum Gasteiger partial charge on any atom is 0.259 e.